The quantitative estimate of drug-likeness (QED) is 0.906. The molecule has 1 unspecified atom stereocenters. The van der Waals surface area contributed by atoms with E-state index in [1.165, 1.54) is 24.0 Å². The number of nitrogens with zero attached hydrogens (tertiary/aromatic N) is 2. The van der Waals surface area contributed by atoms with Crippen molar-refractivity contribution < 1.29 is 17.9 Å². The molecule has 25 heavy (non-hydrogen) atoms. The Hall–Kier alpha value is -2.61. The topological polar surface area (TPSA) is 88.6 Å². The third kappa shape index (κ3) is 3.58. The summed E-state index contributed by atoms with van der Waals surface area (Å²) in [6.07, 6.45) is 1.42. The third-order valence-electron chi connectivity index (χ3n) is 3.83. The van der Waals surface area contributed by atoms with Gasteiger partial charge < -0.3 is 9.64 Å². The van der Waals surface area contributed by atoms with Gasteiger partial charge in [0.2, 0.25) is 5.91 Å². The molecular weight excluding hydrogens is 342 g/mol. The summed E-state index contributed by atoms with van der Waals surface area (Å²) in [6.45, 7) is 5.54. The van der Waals surface area contributed by atoms with E-state index in [1.807, 2.05) is 13.8 Å². The zero-order chi connectivity index (χ0) is 18.2. The number of ether oxygens (including phenoxy) is 1. The van der Waals surface area contributed by atoms with Crippen molar-refractivity contribution in [1.82, 2.24) is 4.98 Å². The Morgan fingerprint density at radius 3 is 2.72 bits per heavy atom. The Kier molecular flexibility index (Phi) is 4.38. The summed E-state index contributed by atoms with van der Waals surface area (Å²) < 4.78 is 33.4. The first-order valence-electron chi connectivity index (χ1n) is 7.80. The van der Waals surface area contributed by atoms with Crippen LogP contribution in [-0.2, 0) is 14.8 Å². The van der Waals surface area contributed by atoms with Crippen molar-refractivity contribution in [2.45, 2.75) is 31.8 Å². The molecule has 1 atom stereocenters. The van der Waals surface area contributed by atoms with Gasteiger partial charge in [0.05, 0.1) is 17.1 Å². The van der Waals surface area contributed by atoms with E-state index in [4.69, 9.17) is 4.74 Å². The number of carbonyl (C=O) groups excluding carboxylic acids is 1. The predicted molar refractivity (Wildman–Crippen MR) is 94.3 cm³/mol. The van der Waals surface area contributed by atoms with E-state index in [2.05, 4.69) is 9.71 Å². The molecule has 132 valence electrons. The van der Waals surface area contributed by atoms with Gasteiger partial charge in [0.1, 0.15) is 17.7 Å². The largest absolute Gasteiger partial charge is 0.487 e. The van der Waals surface area contributed by atoms with Gasteiger partial charge in [-0.05, 0) is 43.7 Å². The van der Waals surface area contributed by atoms with Crippen LogP contribution in [0.5, 0.6) is 5.75 Å². The molecule has 0 bridgehead atoms. The maximum atomic E-state index is 12.6. The lowest BCUT2D eigenvalue weighted by molar-refractivity contribution is -0.117. The summed E-state index contributed by atoms with van der Waals surface area (Å²) in [5, 5.41) is 0. The number of hydrogen-bond acceptors (Lipinski definition) is 5. The Morgan fingerprint density at radius 1 is 1.32 bits per heavy atom. The number of pyridine rings is 1. The first-order chi connectivity index (χ1) is 11.8. The smallest absolute Gasteiger partial charge is 0.263 e. The van der Waals surface area contributed by atoms with Crippen molar-refractivity contribution in [1.29, 1.82) is 0 Å². The number of anilines is 2. The molecule has 1 aromatic heterocycles. The third-order valence-corrected chi connectivity index (χ3v) is 5.18. The highest BCUT2D eigenvalue weighted by atomic mass is 32.2. The van der Waals surface area contributed by atoms with Crippen molar-refractivity contribution in [2.75, 3.05) is 16.2 Å². The van der Waals surface area contributed by atoms with Crippen molar-refractivity contribution in [3.63, 3.8) is 0 Å². The zero-order valence-corrected chi connectivity index (χ0v) is 15.0. The van der Waals surface area contributed by atoms with Crippen LogP contribution < -0.4 is 14.4 Å². The van der Waals surface area contributed by atoms with Crippen molar-refractivity contribution in [3.05, 3.63) is 42.1 Å². The van der Waals surface area contributed by atoms with E-state index in [0.29, 0.717) is 18.0 Å². The average Bonchev–Trinajstić information content (AvgIpc) is 2.55. The number of fused-ring (bicyclic) bond motifs is 1. The predicted octanol–water partition coefficient (Wildman–Crippen LogP) is 2.32. The molecule has 0 saturated heterocycles. The van der Waals surface area contributed by atoms with Gasteiger partial charge in [-0.15, -0.1) is 0 Å². The Bertz CT molecular complexity index is 910. The monoisotopic (exact) mass is 361 g/mol. The van der Waals surface area contributed by atoms with Gasteiger partial charge in [0, 0.05) is 13.1 Å². The number of sulfonamides is 1. The van der Waals surface area contributed by atoms with E-state index in [1.54, 1.807) is 24.4 Å². The van der Waals surface area contributed by atoms with Gasteiger partial charge in [-0.1, -0.05) is 6.07 Å². The van der Waals surface area contributed by atoms with Crippen molar-refractivity contribution >= 4 is 27.4 Å². The normalized spacial score (nSPS) is 16.8. The summed E-state index contributed by atoms with van der Waals surface area (Å²) in [6, 6.07) is 7.82. The fourth-order valence-corrected chi connectivity index (χ4v) is 3.64. The Balaban J connectivity index is 1.96. The molecule has 1 aliphatic rings. The lowest BCUT2D eigenvalue weighted by atomic mass is 10.2. The molecule has 1 aliphatic heterocycles. The zero-order valence-electron chi connectivity index (χ0n) is 14.2. The molecule has 7 nitrogen and oxygen atoms in total. The number of hydrogen-bond donors (Lipinski definition) is 1. The van der Waals surface area contributed by atoms with Crippen molar-refractivity contribution in [3.8, 4) is 5.75 Å². The number of nitrogens with one attached hydrogen (secondary N) is 1. The first-order valence-corrected chi connectivity index (χ1v) is 9.29. The van der Waals surface area contributed by atoms with Gasteiger partial charge in [0.25, 0.3) is 10.0 Å². The molecule has 1 amide bonds. The van der Waals surface area contributed by atoms with Crippen molar-refractivity contribution in [2.24, 2.45) is 0 Å². The van der Waals surface area contributed by atoms with E-state index < -0.39 is 10.0 Å². The molecule has 1 aromatic carbocycles. The van der Waals surface area contributed by atoms with E-state index in [-0.39, 0.29) is 22.7 Å². The van der Waals surface area contributed by atoms with Gasteiger partial charge in [-0.2, -0.15) is 0 Å². The van der Waals surface area contributed by atoms with E-state index >= 15 is 0 Å². The average molecular weight is 361 g/mol. The Labute approximate surface area is 146 Å². The molecule has 2 aromatic rings. The lowest BCUT2D eigenvalue weighted by Gasteiger charge is -2.33. The van der Waals surface area contributed by atoms with Crippen LogP contribution >= 0.6 is 0 Å². The first kappa shape index (κ1) is 17.2. The lowest BCUT2D eigenvalue weighted by Crippen LogP contribution is -2.41. The van der Waals surface area contributed by atoms with Crippen LogP contribution in [0.1, 0.15) is 19.4 Å². The number of benzene rings is 1. The second-order valence-electron chi connectivity index (χ2n) is 6.01. The molecule has 0 aliphatic carbocycles. The molecule has 3 rings (SSSR count). The van der Waals surface area contributed by atoms with E-state index in [9.17, 15) is 13.2 Å². The maximum absolute atomic E-state index is 12.6. The second kappa shape index (κ2) is 6.36. The highest BCUT2D eigenvalue weighted by molar-refractivity contribution is 7.92. The van der Waals surface area contributed by atoms with Crippen LogP contribution in [0.15, 0.2) is 41.4 Å². The van der Waals surface area contributed by atoms with Gasteiger partial charge >= 0.3 is 0 Å². The standard InChI is InChI=1S/C17H19N3O4S/c1-11-4-7-17(18-9-11)19-25(22,23)14-5-6-16-15(8-14)20(13(3)21)10-12(2)24-16/h4-9,12H,10H2,1-3H3,(H,18,19). The summed E-state index contributed by atoms with van der Waals surface area (Å²) in [4.78, 5) is 17.5. The summed E-state index contributed by atoms with van der Waals surface area (Å²) in [7, 11) is -3.83. The van der Waals surface area contributed by atoms with Crippen LogP contribution in [0.25, 0.3) is 0 Å². The minimum absolute atomic E-state index is 0.0398. The second-order valence-corrected chi connectivity index (χ2v) is 7.70. The highest BCUT2D eigenvalue weighted by Crippen LogP contribution is 2.35. The molecule has 2 heterocycles. The molecule has 0 saturated carbocycles. The molecular formula is C17H19N3O4S. The number of aryl methyl sites for hydroxylation is 1. The summed E-state index contributed by atoms with van der Waals surface area (Å²) in [5.74, 6) is 0.553. The van der Waals surface area contributed by atoms with Crippen LogP contribution in [0.4, 0.5) is 11.5 Å². The molecule has 0 radical (unpaired) electrons. The summed E-state index contributed by atoms with van der Waals surface area (Å²) >= 11 is 0. The van der Waals surface area contributed by atoms with E-state index in [0.717, 1.165) is 5.56 Å². The fourth-order valence-electron chi connectivity index (χ4n) is 2.61. The molecule has 0 fully saturated rings. The molecule has 0 spiro atoms. The Morgan fingerprint density at radius 2 is 2.08 bits per heavy atom. The molecule has 1 N–H and O–H groups in total. The minimum Gasteiger partial charge on any atom is -0.487 e. The van der Waals surface area contributed by atoms with Gasteiger partial charge in [-0.25, -0.2) is 13.4 Å². The van der Waals surface area contributed by atoms with Crippen LogP contribution in [0.3, 0.4) is 0 Å². The number of aromatic nitrogens is 1. The van der Waals surface area contributed by atoms with Crippen LogP contribution in [0, 0.1) is 6.92 Å². The summed E-state index contributed by atoms with van der Waals surface area (Å²) in [5.41, 5.74) is 1.38. The molecule has 8 heteroatoms. The number of carbonyl (C=O) groups is 1. The van der Waals surface area contributed by atoms with Crippen LogP contribution in [-0.4, -0.2) is 32.0 Å². The fraction of sp³-hybridized carbons (Fsp3) is 0.294. The number of amides is 1. The SMILES string of the molecule is CC(=O)N1CC(C)Oc2ccc(S(=O)(=O)Nc3ccc(C)cn3)cc21. The van der Waals surface area contributed by atoms with Crippen LogP contribution in [0.2, 0.25) is 0 Å². The van der Waals surface area contributed by atoms with Gasteiger partial charge in [-0.3, -0.25) is 9.52 Å². The highest BCUT2D eigenvalue weighted by Gasteiger charge is 2.28. The van der Waals surface area contributed by atoms with Gasteiger partial charge in [0.15, 0.2) is 0 Å². The number of rotatable bonds is 3. The minimum atomic E-state index is -3.83. The maximum Gasteiger partial charge on any atom is 0.263 e.